The number of aryl methyl sites for hydroxylation is 2. The third-order valence-corrected chi connectivity index (χ3v) is 8.41. The normalized spacial score (nSPS) is 10.9. The molecule has 0 unspecified atom stereocenters. The summed E-state index contributed by atoms with van der Waals surface area (Å²) in [5.41, 5.74) is 2.69. The van der Waals surface area contributed by atoms with Crippen molar-refractivity contribution in [3.63, 3.8) is 0 Å². The van der Waals surface area contributed by atoms with E-state index in [1.807, 2.05) is 62.4 Å². The highest BCUT2D eigenvalue weighted by Gasteiger charge is 2.20. The van der Waals surface area contributed by atoms with Crippen LogP contribution in [0.2, 0.25) is 0 Å². The van der Waals surface area contributed by atoms with Gasteiger partial charge in [0.1, 0.15) is 46.9 Å². The largest absolute Gasteiger partial charge is 0.491 e. The summed E-state index contributed by atoms with van der Waals surface area (Å²) < 4.78 is 52.7. The highest BCUT2D eigenvalue weighted by atomic mass is 19.1. The molecule has 15 heteroatoms. The van der Waals surface area contributed by atoms with Crippen LogP contribution < -0.4 is 30.7 Å². The number of benzene rings is 5. The van der Waals surface area contributed by atoms with Gasteiger partial charge in [0.2, 0.25) is 5.91 Å². The van der Waals surface area contributed by atoms with Crippen LogP contribution in [0.15, 0.2) is 103 Å². The maximum absolute atomic E-state index is 14.7. The van der Waals surface area contributed by atoms with E-state index in [-0.39, 0.29) is 19.0 Å². The Balaban J connectivity index is 1.05. The van der Waals surface area contributed by atoms with Gasteiger partial charge >= 0.3 is 6.03 Å². The van der Waals surface area contributed by atoms with Gasteiger partial charge in [-0.25, -0.2) is 18.3 Å². The maximum Gasteiger partial charge on any atom is 0.324 e. The minimum absolute atomic E-state index is 0.0333. The number of carbonyl (C=O) groups is 3. The lowest BCUT2D eigenvalue weighted by Gasteiger charge is -2.15. The minimum atomic E-state index is -1.15. The number of nitrogens with one attached hydrogen (secondary N) is 4. The van der Waals surface area contributed by atoms with Gasteiger partial charge in [0.25, 0.3) is 5.91 Å². The van der Waals surface area contributed by atoms with Crippen LogP contribution in [0.4, 0.5) is 30.8 Å². The number of nitrogens with zero attached hydrogens (tertiary/aromatic N) is 2. The molecular weight excluding hydrogens is 738 g/mol. The molecule has 1 heterocycles. The fraction of sp³-hybridized carbons (Fsp3) is 0.190. The number of hydrogen-bond donors (Lipinski definition) is 4. The number of methoxy groups -OCH3 is 1. The number of aromatic nitrogens is 2. The van der Waals surface area contributed by atoms with Crippen LogP contribution in [0.25, 0.3) is 16.5 Å². The molecule has 0 aliphatic carbocycles. The zero-order valence-electron chi connectivity index (χ0n) is 31.4. The minimum Gasteiger partial charge on any atom is -0.491 e. The van der Waals surface area contributed by atoms with Gasteiger partial charge in [-0.2, -0.15) is 5.10 Å². The predicted molar refractivity (Wildman–Crippen MR) is 212 cm³/mol. The Labute approximate surface area is 326 Å². The smallest absolute Gasteiger partial charge is 0.324 e. The van der Waals surface area contributed by atoms with Crippen LogP contribution in [0.1, 0.15) is 21.6 Å². The first-order chi connectivity index (χ1) is 27.6. The van der Waals surface area contributed by atoms with E-state index in [4.69, 9.17) is 18.9 Å². The molecule has 4 amide bonds. The zero-order chi connectivity index (χ0) is 40.3. The van der Waals surface area contributed by atoms with Gasteiger partial charge in [-0.1, -0.05) is 48.0 Å². The molecule has 0 bridgehead atoms. The van der Waals surface area contributed by atoms with Crippen molar-refractivity contribution in [2.45, 2.75) is 13.8 Å². The lowest BCUT2D eigenvalue weighted by molar-refractivity contribution is -0.115. The SMILES string of the molecule is COCCOCCOc1cc(F)c(C(=O)NCC(=O)Nc2cccc(Oc3ccc(NC(=O)Nc4cc(C)nn4-c4ccc(C)cc4)c4ccccc34)c2)c(F)c1. The van der Waals surface area contributed by atoms with Crippen molar-refractivity contribution >= 4 is 45.8 Å². The van der Waals surface area contributed by atoms with E-state index in [2.05, 4.69) is 26.4 Å². The number of urea groups is 1. The molecule has 6 rings (SSSR count). The predicted octanol–water partition coefficient (Wildman–Crippen LogP) is 7.77. The number of hydrogen-bond acceptors (Lipinski definition) is 8. The van der Waals surface area contributed by atoms with Gasteiger partial charge in [0.05, 0.1) is 43.4 Å². The second kappa shape index (κ2) is 18.7. The van der Waals surface area contributed by atoms with E-state index in [1.54, 1.807) is 47.1 Å². The van der Waals surface area contributed by atoms with Crippen molar-refractivity contribution in [2.75, 3.05) is 56.0 Å². The number of fused-ring (bicyclic) bond motifs is 1. The van der Waals surface area contributed by atoms with E-state index in [9.17, 15) is 23.2 Å². The Hall–Kier alpha value is -6.84. The van der Waals surface area contributed by atoms with E-state index < -0.39 is 41.6 Å². The zero-order valence-corrected chi connectivity index (χ0v) is 31.4. The summed E-state index contributed by atoms with van der Waals surface area (Å²) in [7, 11) is 1.53. The van der Waals surface area contributed by atoms with Gasteiger partial charge in [-0.15, -0.1) is 0 Å². The molecule has 0 spiro atoms. The summed E-state index contributed by atoms with van der Waals surface area (Å²) in [5.74, 6) is -2.81. The highest BCUT2D eigenvalue weighted by molar-refractivity contribution is 6.07. The van der Waals surface area contributed by atoms with Gasteiger partial charge in [-0.3, -0.25) is 14.9 Å². The lowest BCUT2D eigenvalue weighted by atomic mass is 10.1. The van der Waals surface area contributed by atoms with Gasteiger partial charge in [-0.05, 0) is 50.2 Å². The molecule has 5 aromatic carbocycles. The Kier molecular flexibility index (Phi) is 13.0. The standard InChI is InChI=1S/C42H40F2N6O7/c1-26-11-13-29(14-12-26)50-38(21-27(2)49-50)48-42(53)47-36-15-16-37(33-10-5-4-9-32(33)36)57-30-8-6-7-28(22-30)46-39(51)25-45-41(52)40-34(43)23-31(24-35(40)44)56-20-19-55-18-17-54-3/h4-16,21-24H,17-20,25H2,1-3H3,(H,45,52)(H,46,51)(H2,47,48,53). The van der Waals surface area contributed by atoms with Crippen molar-refractivity contribution in [3.8, 4) is 22.9 Å². The van der Waals surface area contributed by atoms with Crippen LogP contribution in [0.3, 0.4) is 0 Å². The summed E-state index contributed by atoms with van der Waals surface area (Å²) in [5, 5.41) is 16.6. The highest BCUT2D eigenvalue weighted by Crippen LogP contribution is 2.35. The molecule has 13 nitrogen and oxygen atoms in total. The molecule has 0 saturated carbocycles. The van der Waals surface area contributed by atoms with E-state index in [1.165, 1.54) is 7.11 Å². The van der Waals surface area contributed by atoms with Crippen LogP contribution in [0.5, 0.6) is 17.2 Å². The van der Waals surface area contributed by atoms with Crippen molar-refractivity contribution < 1.29 is 42.1 Å². The first-order valence-electron chi connectivity index (χ1n) is 17.9. The van der Waals surface area contributed by atoms with Gasteiger partial charge < -0.3 is 34.9 Å². The second-order valence-electron chi connectivity index (χ2n) is 12.7. The molecule has 0 atom stereocenters. The van der Waals surface area contributed by atoms with Crippen molar-refractivity contribution in [2.24, 2.45) is 0 Å². The van der Waals surface area contributed by atoms with Crippen LogP contribution in [-0.4, -0.2) is 67.7 Å². The quantitative estimate of drug-likeness (QED) is 0.0728. The first-order valence-corrected chi connectivity index (χ1v) is 17.9. The molecule has 0 radical (unpaired) electrons. The summed E-state index contributed by atoms with van der Waals surface area (Å²) >= 11 is 0. The third kappa shape index (κ3) is 10.5. The number of carbonyl (C=O) groups excluding carboxylic acids is 3. The first kappa shape index (κ1) is 39.8. The molecule has 0 aliphatic heterocycles. The van der Waals surface area contributed by atoms with Gasteiger partial charge in [0.15, 0.2) is 0 Å². The molecule has 0 aliphatic rings. The number of ether oxygens (including phenoxy) is 4. The van der Waals surface area contributed by atoms with Crippen molar-refractivity contribution in [3.05, 3.63) is 132 Å². The Bertz CT molecular complexity index is 2360. The Morgan fingerprint density at radius 3 is 2.23 bits per heavy atom. The van der Waals surface area contributed by atoms with E-state index >= 15 is 0 Å². The Morgan fingerprint density at radius 1 is 0.737 bits per heavy atom. The van der Waals surface area contributed by atoms with Gasteiger partial charge in [0, 0.05) is 47.8 Å². The fourth-order valence-corrected chi connectivity index (χ4v) is 5.74. The number of rotatable bonds is 16. The summed E-state index contributed by atoms with van der Waals surface area (Å²) in [6, 6.07) is 28.3. The topological polar surface area (TPSA) is 154 Å². The molecule has 1 aromatic heterocycles. The molecule has 0 saturated heterocycles. The molecule has 0 fully saturated rings. The summed E-state index contributed by atoms with van der Waals surface area (Å²) in [6.07, 6.45) is 0. The second-order valence-corrected chi connectivity index (χ2v) is 12.7. The van der Waals surface area contributed by atoms with Crippen LogP contribution in [-0.2, 0) is 14.3 Å². The monoisotopic (exact) mass is 778 g/mol. The van der Waals surface area contributed by atoms with Crippen molar-refractivity contribution in [1.82, 2.24) is 15.1 Å². The fourth-order valence-electron chi connectivity index (χ4n) is 5.74. The van der Waals surface area contributed by atoms with E-state index in [0.29, 0.717) is 52.7 Å². The molecule has 6 aromatic rings. The third-order valence-electron chi connectivity index (χ3n) is 8.41. The summed E-state index contributed by atoms with van der Waals surface area (Å²) in [4.78, 5) is 38.6. The van der Waals surface area contributed by atoms with Crippen molar-refractivity contribution in [1.29, 1.82) is 0 Å². The average molecular weight is 779 g/mol. The summed E-state index contributed by atoms with van der Waals surface area (Å²) in [6.45, 7) is 4.22. The molecule has 57 heavy (non-hydrogen) atoms. The van der Waals surface area contributed by atoms with Crippen LogP contribution >= 0.6 is 0 Å². The number of amides is 4. The maximum atomic E-state index is 14.7. The number of anilines is 3. The Morgan fingerprint density at radius 2 is 1.47 bits per heavy atom. The number of halogens is 2. The molecular formula is C42H40F2N6O7. The average Bonchev–Trinajstić information content (AvgIpc) is 3.55. The molecule has 294 valence electrons. The lowest BCUT2D eigenvalue weighted by Crippen LogP contribution is -2.33. The molecule has 4 N–H and O–H groups in total. The van der Waals surface area contributed by atoms with Crippen LogP contribution in [0, 0.1) is 25.5 Å². The van der Waals surface area contributed by atoms with E-state index in [0.717, 1.165) is 29.1 Å².